The van der Waals surface area contributed by atoms with Crippen LogP contribution in [0.3, 0.4) is 0 Å². The summed E-state index contributed by atoms with van der Waals surface area (Å²) in [6.45, 7) is 0.158. The number of hydrogen-bond acceptors (Lipinski definition) is 3. The molecule has 0 spiro atoms. The Bertz CT molecular complexity index is 640. The van der Waals surface area contributed by atoms with Gasteiger partial charge in [-0.15, -0.1) is 0 Å². The quantitative estimate of drug-likeness (QED) is 0.574. The lowest BCUT2D eigenvalue weighted by Gasteiger charge is -1.94. The summed E-state index contributed by atoms with van der Waals surface area (Å²) < 4.78 is 0.810. The van der Waals surface area contributed by atoms with Crippen molar-refractivity contribution < 1.29 is 4.76 Å². The number of nitroso groups, excluding NO2 is 1. The van der Waals surface area contributed by atoms with Crippen LogP contribution in [0.25, 0.3) is 17.1 Å². The largest absolute Gasteiger partial charge is 0.290 e. The van der Waals surface area contributed by atoms with E-state index in [4.69, 9.17) is 0 Å². The minimum absolute atomic E-state index is 0.158. The van der Waals surface area contributed by atoms with Crippen molar-refractivity contribution in [2.75, 3.05) is 6.67 Å². The topological polar surface area (TPSA) is 61.1 Å². The molecule has 68 valence electrons. The van der Waals surface area contributed by atoms with Crippen molar-refractivity contribution in [1.82, 2.24) is 10.2 Å². The van der Waals surface area contributed by atoms with Gasteiger partial charge in [0.2, 0.25) is 6.20 Å². The molecule has 1 aromatic carbocycles. The maximum Gasteiger partial charge on any atom is 0.290 e. The van der Waals surface area contributed by atoms with E-state index in [1.165, 1.54) is 0 Å². The van der Waals surface area contributed by atoms with Gasteiger partial charge in [0.1, 0.15) is 5.36 Å². The molecule has 2 aromatic rings. The third-order valence-electron chi connectivity index (χ3n) is 2.27. The van der Waals surface area contributed by atoms with Crippen molar-refractivity contribution in [2.24, 2.45) is 4.99 Å². The fourth-order valence-electron chi connectivity index (χ4n) is 1.63. The monoisotopic (exact) mass is 187 g/mol. The van der Waals surface area contributed by atoms with Crippen LogP contribution in [0, 0.1) is 4.91 Å². The van der Waals surface area contributed by atoms with Gasteiger partial charge in [0, 0.05) is 10.3 Å². The van der Waals surface area contributed by atoms with Gasteiger partial charge < -0.3 is 0 Å². The molecule has 1 aromatic heterocycles. The highest BCUT2D eigenvalue weighted by Crippen LogP contribution is 2.02. The van der Waals surface area contributed by atoms with Gasteiger partial charge in [0.15, 0.2) is 0 Å². The number of rotatable bonds is 0. The lowest BCUT2D eigenvalue weighted by atomic mass is 10.2. The minimum atomic E-state index is 0.158. The van der Waals surface area contributed by atoms with Crippen LogP contribution in [0.5, 0.6) is 0 Å². The summed E-state index contributed by atoms with van der Waals surface area (Å²) in [5.41, 5.74) is 0.895. The molecule has 5 heteroatoms. The summed E-state index contributed by atoms with van der Waals surface area (Å²) in [7, 11) is 0. The number of fused-ring (bicyclic) bond motifs is 3. The van der Waals surface area contributed by atoms with Crippen LogP contribution in [-0.2, 0) is 0 Å². The van der Waals surface area contributed by atoms with Crippen LogP contribution in [0.1, 0.15) is 0 Å². The van der Waals surface area contributed by atoms with E-state index in [1.54, 1.807) is 12.4 Å². The van der Waals surface area contributed by atoms with Crippen LogP contribution < -0.4 is 10.6 Å². The predicted octanol–water partition coefficient (Wildman–Crippen LogP) is -0.330. The molecule has 2 heterocycles. The highest BCUT2D eigenvalue weighted by atomic mass is 16.3. The molecule has 0 aliphatic carbocycles. The molecule has 0 saturated heterocycles. The molecule has 0 amide bonds. The van der Waals surface area contributed by atoms with Crippen molar-refractivity contribution in [1.29, 1.82) is 0 Å². The number of benzene rings is 1. The number of aromatic nitrogens is 2. The van der Waals surface area contributed by atoms with Crippen LogP contribution in [-0.4, -0.2) is 21.6 Å². The Kier molecular flexibility index (Phi) is 1.30. The van der Waals surface area contributed by atoms with Gasteiger partial charge in [-0.3, -0.25) is 5.10 Å². The Morgan fingerprint density at radius 2 is 2.36 bits per heavy atom. The zero-order valence-electron chi connectivity index (χ0n) is 7.27. The fraction of sp³-hybridized carbons (Fsp3) is 0.111. The van der Waals surface area contributed by atoms with Gasteiger partial charge in [-0.05, 0) is 6.07 Å². The standard InChI is InChI=1S/C9H7N4O/c14-13-4-7-2-1-6-3-11-12-9(6)8(7)10-5-13/h1-4H,5H2,(H,11,12)/q+1. The molecule has 3 rings (SSSR count). The van der Waals surface area contributed by atoms with E-state index >= 15 is 0 Å². The Morgan fingerprint density at radius 1 is 1.43 bits per heavy atom. The zero-order chi connectivity index (χ0) is 9.54. The molecular weight excluding hydrogens is 180 g/mol. The summed E-state index contributed by atoms with van der Waals surface area (Å²) in [6, 6.07) is 3.80. The van der Waals surface area contributed by atoms with E-state index in [2.05, 4.69) is 15.2 Å². The van der Waals surface area contributed by atoms with Crippen molar-refractivity contribution in [3.05, 3.63) is 33.8 Å². The van der Waals surface area contributed by atoms with E-state index in [9.17, 15) is 4.91 Å². The number of H-pyrrole nitrogens is 1. The van der Waals surface area contributed by atoms with Gasteiger partial charge in [-0.2, -0.15) is 5.10 Å². The lowest BCUT2D eigenvalue weighted by molar-refractivity contribution is -0.444. The van der Waals surface area contributed by atoms with Gasteiger partial charge in [-0.1, -0.05) is 6.07 Å². The molecule has 0 unspecified atom stereocenters. The molecule has 0 atom stereocenters. The van der Waals surface area contributed by atoms with Crippen LogP contribution in [0.2, 0.25) is 0 Å². The number of aromatic amines is 1. The third-order valence-corrected chi connectivity index (χ3v) is 2.27. The van der Waals surface area contributed by atoms with E-state index in [1.807, 2.05) is 12.1 Å². The van der Waals surface area contributed by atoms with Crippen molar-refractivity contribution in [3.63, 3.8) is 0 Å². The molecule has 14 heavy (non-hydrogen) atoms. The molecule has 0 fully saturated rings. The average Bonchev–Trinajstić information content (AvgIpc) is 2.65. The molecule has 5 nitrogen and oxygen atoms in total. The van der Waals surface area contributed by atoms with Gasteiger partial charge in [0.25, 0.3) is 6.67 Å². The smallest absolute Gasteiger partial charge is 0.276 e. The van der Waals surface area contributed by atoms with E-state index in [0.29, 0.717) is 0 Å². The first kappa shape index (κ1) is 7.37. The van der Waals surface area contributed by atoms with Crippen LogP contribution >= 0.6 is 0 Å². The third kappa shape index (κ3) is 0.891. The number of nitrogens with zero attached hydrogens (tertiary/aromatic N) is 3. The highest BCUT2D eigenvalue weighted by Gasteiger charge is 2.10. The summed E-state index contributed by atoms with van der Waals surface area (Å²) in [5, 5.41) is 9.49. The maximum absolute atomic E-state index is 11.0. The molecule has 0 saturated carbocycles. The first-order valence-electron chi connectivity index (χ1n) is 4.27. The van der Waals surface area contributed by atoms with E-state index in [-0.39, 0.29) is 6.67 Å². The Hall–Kier alpha value is -2.04. The van der Waals surface area contributed by atoms with Crippen LogP contribution in [0.4, 0.5) is 0 Å². The Balaban J connectivity index is 2.59. The van der Waals surface area contributed by atoms with Gasteiger partial charge in [-0.25, -0.2) is 4.99 Å². The SMILES string of the molecule is O=[N+]1C=c2ccc3cn[nH]c3c2=NC1. The normalized spacial score (nSPS) is 14.7. The summed E-state index contributed by atoms with van der Waals surface area (Å²) >= 11 is 0. The molecule has 1 aliphatic rings. The predicted molar refractivity (Wildman–Crippen MR) is 49.8 cm³/mol. The maximum atomic E-state index is 11.0. The molecular formula is C9H7N4O+. The van der Waals surface area contributed by atoms with E-state index < -0.39 is 0 Å². The van der Waals surface area contributed by atoms with Crippen molar-refractivity contribution >= 4 is 17.1 Å². The van der Waals surface area contributed by atoms with Crippen molar-refractivity contribution in [2.45, 2.75) is 0 Å². The van der Waals surface area contributed by atoms with Gasteiger partial charge in [0.05, 0.1) is 21.7 Å². The summed E-state index contributed by atoms with van der Waals surface area (Å²) in [6.07, 6.45) is 3.29. The zero-order valence-corrected chi connectivity index (χ0v) is 7.27. The number of hydrogen-bond donors (Lipinski definition) is 1. The first-order valence-corrected chi connectivity index (χ1v) is 4.27. The Labute approximate surface area is 78.3 Å². The second kappa shape index (κ2) is 2.47. The van der Waals surface area contributed by atoms with Crippen LogP contribution in [0.15, 0.2) is 23.3 Å². The Morgan fingerprint density at radius 3 is 3.29 bits per heavy atom. The lowest BCUT2D eigenvalue weighted by Crippen LogP contribution is -2.32. The average molecular weight is 187 g/mol. The van der Waals surface area contributed by atoms with Crippen molar-refractivity contribution in [3.8, 4) is 0 Å². The van der Waals surface area contributed by atoms with E-state index in [0.717, 1.165) is 26.2 Å². The molecule has 0 bridgehead atoms. The minimum Gasteiger partial charge on any atom is -0.276 e. The second-order valence-electron chi connectivity index (χ2n) is 3.18. The molecule has 1 N–H and O–H groups in total. The van der Waals surface area contributed by atoms with Gasteiger partial charge >= 0.3 is 0 Å². The fourth-order valence-corrected chi connectivity index (χ4v) is 1.63. The second-order valence-corrected chi connectivity index (χ2v) is 3.18. The number of nitrogens with one attached hydrogen (secondary N) is 1. The summed E-state index contributed by atoms with van der Waals surface area (Å²) in [5.74, 6) is 0. The molecule has 1 aliphatic heterocycles. The molecule has 0 radical (unpaired) electrons. The highest BCUT2D eigenvalue weighted by molar-refractivity contribution is 5.77. The first-order chi connectivity index (χ1) is 6.84. The summed E-state index contributed by atoms with van der Waals surface area (Å²) in [4.78, 5) is 15.2.